The number of aliphatic imine (C=N–C) groups is 1. The lowest BCUT2D eigenvalue weighted by Gasteiger charge is -2.38. The molecule has 0 amide bonds. The molecular weight excluding hydrogens is 368 g/mol. The molecule has 1 N–H and O–H groups in total. The van der Waals surface area contributed by atoms with Crippen molar-refractivity contribution in [1.29, 1.82) is 0 Å². The van der Waals surface area contributed by atoms with Gasteiger partial charge in [0.1, 0.15) is 0 Å². The molecule has 1 aromatic carbocycles. The summed E-state index contributed by atoms with van der Waals surface area (Å²) in [4.78, 5) is 10.0. The van der Waals surface area contributed by atoms with Crippen molar-refractivity contribution in [3.63, 3.8) is 0 Å². The molecule has 1 aromatic rings. The van der Waals surface area contributed by atoms with Crippen molar-refractivity contribution in [1.82, 2.24) is 15.1 Å². The van der Waals surface area contributed by atoms with E-state index in [1.807, 2.05) is 11.8 Å². The maximum absolute atomic E-state index is 5.57. The lowest BCUT2D eigenvalue weighted by Crippen LogP contribution is -2.52. The summed E-state index contributed by atoms with van der Waals surface area (Å²) < 4.78 is 5.81. The first-order chi connectivity index (χ1) is 13.6. The predicted molar refractivity (Wildman–Crippen MR) is 120 cm³/mol. The molecule has 2 heterocycles. The third kappa shape index (κ3) is 5.88. The number of thioether (sulfide) groups is 1. The molecule has 2 fully saturated rings. The van der Waals surface area contributed by atoms with Gasteiger partial charge < -0.3 is 15.0 Å². The first kappa shape index (κ1) is 21.5. The Morgan fingerprint density at radius 3 is 2.61 bits per heavy atom. The molecule has 156 valence electrons. The lowest BCUT2D eigenvalue weighted by atomic mass is 9.99. The standard InChI is InChI=1S/C22H36N4OS/c1-4-23-21(24-18-22(28-3)8-14-27-15-9-22)26-12-10-25(11-13-26)17-20-7-5-6-19(2)16-20/h5-7,16H,4,8-15,17-18H2,1-3H3,(H,23,24). The molecule has 0 aromatic heterocycles. The van der Waals surface area contributed by atoms with Crippen molar-refractivity contribution in [2.75, 3.05) is 58.7 Å². The average Bonchev–Trinajstić information content (AvgIpc) is 2.72. The average molecular weight is 405 g/mol. The number of aryl methyl sites for hydroxylation is 1. The summed E-state index contributed by atoms with van der Waals surface area (Å²) in [6.45, 7) is 13.1. The highest BCUT2D eigenvalue weighted by atomic mass is 32.2. The maximum Gasteiger partial charge on any atom is 0.194 e. The van der Waals surface area contributed by atoms with E-state index in [4.69, 9.17) is 9.73 Å². The topological polar surface area (TPSA) is 40.1 Å². The monoisotopic (exact) mass is 404 g/mol. The zero-order valence-corrected chi connectivity index (χ0v) is 18.6. The third-order valence-corrected chi connectivity index (χ3v) is 7.25. The van der Waals surface area contributed by atoms with Gasteiger partial charge in [0.2, 0.25) is 0 Å². The van der Waals surface area contributed by atoms with Gasteiger partial charge in [0.15, 0.2) is 5.96 Å². The summed E-state index contributed by atoms with van der Waals surface area (Å²) in [5, 5.41) is 3.52. The smallest absolute Gasteiger partial charge is 0.194 e. The van der Waals surface area contributed by atoms with Gasteiger partial charge in [0.05, 0.1) is 6.54 Å². The zero-order chi connectivity index (χ0) is 19.8. The molecule has 0 saturated carbocycles. The van der Waals surface area contributed by atoms with Crippen LogP contribution in [0.2, 0.25) is 0 Å². The molecule has 5 nitrogen and oxygen atoms in total. The lowest BCUT2D eigenvalue weighted by molar-refractivity contribution is 0.0793. The van der Waals surface area contributed by atoms with Crippen molar-refractivity contribution in [2.45, 2.75) is 38.0 Å². The van der Waals surface area contributed by atoms with E-state index in [0.29, 0.717) is 0 Å². The van der Waals surface area contributed by atoms with E-state index in [9.17, 15) is 0 Å². The number of ether oxygens (including phenoxy) is 1. The number of nitrogens with one attached hydrogen (secondary N) is 1. The number of hydrogen-bond acceptors (Lipinski definition) is 4. The first-order valence-electron chi connectivity index (χ1n) is 10.6. The zero-order valence-electron chi connectivity index (χ0n) is 17.7. The second-order valence-electron chi connectivity index (χ2n) is 7.92. The second kappa shape index (κ2) is 10.5. The summed E-state index contributed by atoms with van der Waals surface area (Å²) in [6, 6.07) is 8.86. The molecular formula is C22H36N4OS. The van der Waals surface area contributed by atoms with Crippen LogP contribution in [0.25, 0.3) is 0 Å². The van der Waals surface area contributed by atoms with Crippen LogP contribution in [0.5, 0.6) is 0 Å². The fraction of sp³-hybridized carbons (Fsp3) is 0.682. The number of piperazine rings is 1. The number of nitrogens with zero attached hydrogens (tertiary/aromatic N) is 3. The van der Waals surface area contributed by atoms with Crippen LogP contribution in [0.4, 0.5) is 0 Å². The Bertz CT molecular complexity index is 637. The van der Waals surface area contributed by atoms with Gasteiger partial charge in [0.25, 0.3) is 0 Å². The van der Waals surface area contributed by atoms with E-state index in [0.717, 1.165) is 77.8 Å². The Hall–Kier alpha value is -1.24. The van der Waals surface area contributed by atoms with Gasteiger partial charge in [-0.25, -0.2) is 0 Å². The number of benzene rings is 1. The Kier molecular flexibility index (Phi) is 8.06. The molecule has 2 aliphatic heterocycles. The Labute approximate surface area is 174 Å². The Morgan fingerprint density at radius 2 is 1.96 bits per heavy atom. The molecule has 2 saturated heterocycles. The van der Waals surface area contributed by atoms with Crippen molar-refractivity contribution in [2.24, 2.45) is 4.99 Å². The predicted octanol–water partition coefficient (Wildman–Crippen LogP) is 2.99. The minimum Gasteiger partial charge on any atom is -0.381 e. The molecule has 0 atom stereocenters. The van der Waals surface area contributed by atoms with Crippen molar-refractivity contribution in [3.05, 3.63) is 35.4 Å². The van der Waals surface area contributed by atoms with Gasteiger partial charge in [-0.05, 0) is 38.5 Å². The van der Waals surface area contributed by atoms with E-state index in [-0.39, 0.29) is 4.75 Å². The van der Waals surface area contributed by atoms with E-state index in [1.165, 1.54) is 11.1 Å². The summed E-state index contributed by atoms with van der Waals surface area (Å²) in [6.07, 6.45) is 4.42. The number of rotatable bonds is 6. The van der Waals surface area contributed by atoms with Crippen LogP contribution in [-0.4, -0.2) is 79.2 Å². The molecule has 0 bridgehead atoms. The van der Waals surface area contributed by atoms with E-state index < -0.39 is 0 Å². The highest BCUT2D eigenvalue weighted by Gasteiger charge is 2.32. The summed E-state index contributed by atoms with van der Waals surface area (Å²) in [7, 11) is 0. The largest absolute Gasteiger partial charge is 0.381 e. The summed E-state index contributed by atoms with van der Waals surface area (Å²) >= 11 is 1.96. The molecule has 2 aliphatic rings. The molecule has 3 rings (SSSR count). The van der Waals surface area contributed by atoms with Gasteiger partial charge in [-0.15, -0.1) is 0 Å². The summed E-state index contributed by atoms with van der Waals surface area (Å²) in [5.41, 5.74) is 2.75. The van der Waals surface area contributed by atoms with E-state index in [2.05, 4.69) is 59.5 Å². The van der Waals surface area contributed by atoms with E-state index >= 15 is 0 Å². The van der Waals surface area contributed by atoms with Gasteiger partial charge >= 0.3 is 0 Å². The van der Waals surface area contributed by atoms with Gasteiger partial charge in [-0.3, -0.25) is 9.89 Å². The Balaban J connectivity index is 1.56. The highest BCUT2D eigenvalue weighted by Crippen LogP contribution is 2.34. The normalized spacial score (nSPS) is 21.0. The van der Waals surface area contributed by atoms with Crippen LogP contribution >= 0.6 is 11.8 Å². The van der Waals surface area contributed by atoms with Crippen molar-refractivity contribution in [3.8, 4) is 0 Å². The second-order valence-corrected chi connectivity index (χ2v) is 9.20. The minimum atomic E-state index is 0.242. The third-order valence-electron chi connectivity index (χ3n) is 5.85. The number of hydrogen-bond donors (Lipinski definition) is 1. The maximum atomic E-state index is 5.57. The fourth-order valence-corrected chi connectivity index (χ4v) is 4.77. The molecule has 0 spiro atoms. The molecule has 0 radical (unpaired) electrons. The van der Waals surface area contributed by atoms with Crippen LogP contribution in [0, 0.1) is 6.92 Å². The van der Waals surface area contributed by atoms with E-state index in [1.54, 1.807) is 0 Å². The highest BCUT2D eigenvalue weighted by molar-refractivity contribution is 8.00. The van der Waals surface area contributed by atoms with Crippen LogP contribution in [-0.2, 0) is 11.3 Å². The molecule has 6 heteroatoms. The summed E-state index contributed by atoms with van der Waals surface area (Å²) in [5.74, 6) is 1.08. The number of guanidine groups is 1. The molecule has 0 unspecified atom stereocenters. The first-order valence-corrected chi connectivity index (χ1v) is 11.8. The fourth-order valence-electron chi connectivity index (χ4n) is 4.00. The van der Waals surface area contributed by atoms with Crippen LogP contribution in [0.15, 0.2) is 29.3 Å². The van der Waals surface area contributed by atoms with Gasteiger partial charge in [0, 0.05) is 57.2 Å². The molecule has 0 aliphatic carbocycles. The van der Waals surface area contributed by atoms with Crippen LogP contribution < -0.4 is 5.32 Å². The van der Waals surface area contributed by atoms with Gasteiger partial charge in [-0.1, -0.05) is 29.8 Å². The van der Waals surface area contributed by atoms with Crippen LogP contribution in [0.3, 0.4) is 0 Å². The molecule has 28 heavy (non-hydrogen) atoms. The Morgan fingerprint density at radius 1 is 1.21 bits per heavy atom. The van der Waals surface area contributed by atoms with Gasteiger partial charge in [-0.2, -0.15) is 11.8 Å². The van der Waals surface area contributed by atoms with Crippen molar-refractivity contribution >= 4 is 17.7 Å². The SMILES string of the molecule is CCNC(=NCC1(SC)CCOCC1)N1CCN(Cc2cccc(C)c2)CC1. The minimum absolute atomic E-state index is 0.242. The van der Waals surface area contributed by atoms with Crippen LogP contribution in [0.1, 0.15) is 30.9 Å². The quantitative estimate of drug-likeness (QED) is 0.583. The van der Waals surface area contributed by atoms with Crippen molar-refractivity contribution < 1.29 is 4.74 Å².